The topological polar surface area (TPSA) is 122 Å². The predicted molar refractivity (Wildman–Crippen MR) is 77.6 cm³/mol. The molecule has 0 heterocycles. The number of carboxylic acids is 1. The van der Waals surface area contributed by atoms with Crippen LogP contribution in [0.5, 0.6) is 0 Å². The first kappa shape index (κ1) is 17.3. The number of urea groups is 1. The highest BCUT2D eigenvalue weighted by Crippen LogP contribution is 2.28. The van der Waals surface area contributed by atoms with E-state index in [-0.39, 0.29) is 12.8 Å². The molecular weight excluding hydrogens is 274 g/mol. The molecule has 1 rings (SSSR count). The van der Waals surface area contributed by atoms with Crippen LogP contribution < -0.4 is 16.4 Å². The predicted octanol–water partition coefficient (Wildman–Crippen LogP) is 0.975. The minimum Gasteiger partial charge on any atom is -0.480 e. The maximum absolute atomic E-state index is 11.6. The van der Waals surface area contributed by atoms with Crippen molar-refractivity contribution in [1.29, 1.82) is 0 Å². The third kappa shape index (κ3) is 7.53. The third-order valence-electron chi connectivity index (χ3n) is 3.83. The number of carbonyl (C=O) groups is 3. The number of aliphatic carboxylic acids is 1. The average Bonchev–Trinajstić information content (AvgIpc) is 2.92. The molecule has 0 saturated heterocycles. The maximum atomic E-state index is 11.6. The molecule has 0 aromatic carbocycles. The minimum absolute atomic E-state index is 0.000159. The van der Waals surface area contributed by atoms with Crippen LogP contribution in [0.1, 0.15) is 51.4 Å². The SMILES string of the molecule is NC(=O)CCC(NC(=O)NCCCC1CCCC1)C(=O)O. The van der Waals surface area contributed by atoms with Gasteiger partial charge in [0.05, 0.1) is 0 Å². The molecule has 1 fully saturated rings. The number of primary amides is 1. The van der Waals surface area contributed by atoms with E-state index in [4.69, 9.17) is 10.8 Å². The van der Waals surface area contributed by atoms with Crippen molar-refractivity contribution in [2.24, 2.45) is 11.7 Å². The van der Waals surface area contributed by atoms with Gasteiger partial charge in [-0.15, -0.1) is 0 Å². The summed E-state index contributed by atoms with van der Waals surface area (Å²) in [4.78, 5) is 33.2. The van der Waals surface area contributed by atoms with E-state index < -0.39 is 23.9 Å². The summed E-state index contributed by atoms with van der Waals surface area (Å²) in [5, 5.41) is 13.9. The van der Waals surface area contributed by atoms with Gasteiger partial charge in [-0.25, -0.2) is 9.59 Å². The fourth-order valence-corrected chi connectivity index (χ4v) is 2.64. The van der Waals surface area contributed by atoms with Crippen molar-refractivity contribution in [3.05, 3.63) is 0 Å². The lowest BCUT2D eigenvalue weighted by Gasteiger charge is -2.15. The highest BCUT2D eigenvalue weighted by molar-refractivity contribution is 5.83. The molecule has 0 bridgehead atoms. The Labute approximate surface area is 124 Å². The van der Waals surface area contributed by atoms with E-state index in [9.17, 15) is 14.4 Å². The molecule has 0 spiro atoms. The standard InChI is InChI=1S/C14H25N3O4/c15-12(18)8-7-11(13(19)20)17-14(21)16-9-3-6-10-4-1-2-5-10/h10-11H,1-9H2,(H2,15,18)(H,19,20)(H2,16,17,21). The smallest absolute Gasteiger partial charge is 0.326 e. The zero-order chi connectivity index (χ0) is 15.7. The molecule has 1 atom stereocenters. The highest BCUT2D eigenvalue weighted by Gasteiger charge is 2.20. The quantitative estimate of drug-likeness (QED) is 0.474. The van der Waals surface area contributed by atoms with Crippen molar-refractivity contribution in [3.8, 4) is 0 Å². The van der Waals surface area contributed by atoms with Crippen LogP contribution in [-0.2, 0) is 9.59 Å². The molecule has 1 unspecified atom stereocenters. The van der Waals surface area contributed by atoms with Crippen LogP contribution in [0.2, 0.25) is 0 Å². The molecule has 1 saturated carbocycles. The summed E-state index contributed by atoms with van der Waals surface area (Å²) >= 11 is 0. The molecule has 5 N–H and O–H groups in total. The van der Waals surface area contributed by atoms with Crippen LogP contribution in [0.15, 0.2) is 0 Å². The molecule has 1 aliphatic rings. The molecule has 21 heavy (non-hydrogen) atoms. The van der Waals surface area contributed by atoms with Gasteiger partial charge in [0.15, 0.2) is 0 Å². The minimum atomic E-state index is -1.17. The molecule has 0 aromatic rings. The van der Waals surface area contributed by atoms with Crippen LogP contribution in [0.25, 0.3) is 0 Å². The lowest BCUT2D eigenvalue weighted by molar-refractivity contribution is -0.139. The van der Waals surface area contributed by atoms with Gasteiger partial charge in [0.2, 0.25) is 5.91 Å². The van der Waals surface area contributed by atoms with E-state index >= 15 is 0 Å². The lowest BCUT2D eigenvalue weighted by Crippen LogP contribution is -2.46. The number of carbonyl (C=O) groups excluding carboxylic acids is 2. The lowest BCUT2D eigenvalue weighted by atomic mass is 10.0. The summed E-state index contributed by atoms with van der Waals surface area (Å²) < 4.78 is 0. The molecule has 3 amide bonds. The molecule has 7 nitrogen and oxygen atoms in total. The van der Waals surface area contributed by atoms with E-state index in [1.807, 2.05) is 0 Å². The number of hydrogen-bond donors (Lipinski definition) is 4. The molecule has 1 aliphatic carbocycles. The Bertz CT molecular complexity index is 367. The molecule has 7 heteroatoms. The van der Waals surface area contributed by atoms with Crippen LogP contribution in [0, 0.1) is 5.92 Å². The van der Waals surface area contributed by atoms with E-state index in [0.29, 0.717) is 6.54 Å². The second-order valence-corrected chi connectivity index (χ2v) is 5.59. The molecular formula is C14H25N3O4. The fourth-order valence-electron chi connectivity index (χ4n) is 2.64. The first-order valence-electron chi connectivity index (χ1n) is 7.54. The number of nitrogens with two attached hydrogens (primary N) is 1. The monoisotopic (exact) mass is 299 g/mol. The van der Waals surface area contributed by atoms with Crippen molar-refractivity contribution >= 4 is 17.9 Å². The van der Waals surface area contributed by atoms with Crippen molar-refractivity contribution in [2.75, 3.05) is 6.54 Å². The summed E-state index contributed by atoms with van der Waals surface area (Å²) in [6, 6.07) is -1.61. The van der Waals surface area contributed by atoms with Crippen LogP contribution in [0.4, 0.5) is 4.79 Å². The summed E-state index contributed by atoms with van der Waals surface area (Å²) in [6.07, 6.45) is 7.10. The Kier molecular flexibility index (Phi) is 7.56. The Morgan fingerprint density at radius 2 is 1.90 bits per heavy atom. The Hall–Kier alpha value is -1.79. The zero-order valence-electron chi connectivity index (χ0n) is 12.3. The Morgan fingerprint density at radius 3 is 2.48 bits per heavy atom. The second-order valence-electron chi connectivity index (χ2n) is 5.59. The van der Waals surface area contributed by atoms with E-state index in [2.05, 4.69) is 10.6 Å². The van der Waals surface area contributed by atoms with Gasteiger partial charge in [-0.1, -0.05) is 25.7 Å². The van der Waals surface area contributed by atoms with E-state index in [1.54, 1.807) is 0 Å². The number of rotatable bonds is 9. The first-order valence-corrected chi connectivity index (χ1v) is 7.54. The second kappa shape index (κ2) is 9.20. The number of hydrogen-bond acceptors (Lipinski definition) is 3. The van der Waals surface area contributed by atoms with Crippen molar-refractivity contribution in [1.82, 2.24) is 10.6 Å². The van der Waals surface area contributed by atoms with Gasteiger partial charge in [0.1, 0.15) is 6.04 Å². The molecule has 0 aliphatic heterocycles. The summed E-state index contributed by atoms with van der Waals surface area (Å²) in [5.74, 6) is -0.977. The van der Waals surface area contributed by atoms with Crippen LogP contribution >= 0.6 is 0 Å². The zero-order valence-corrected chi connectivity index (χ0v) is 12.3. The molecule has 0 radical (unpaired) electrons. The van der Waals surface area contributed by atoms with Gasteiger partial charge in [-0.2, -0.15) is 0 Å². The highest BCUT2D eigenvalue weighted by atomic mass is 16.4. The van der Waals surface area contributed by atoms with Gasteiger partial charge < -0.3 is 21.5 Å². The van der Waals surface area contributed by atoms with E-state index in [0.717, 1.165) is 18.8 Å². The van der Waals surface area contributed by atoms with E-state index in [1.165, 1.54) is 25.7 Å². The van der Waals surface area contributed by atoms with Gasteiger partial charge in [0, 0.05) is 13.0 Å². The van der Waals surface area contributed by atoms with Crippen molar-refractivity contribution in [3.63, 3.8) is 0 Å². The van der Waals surface area contributed by atoms with Crippen LogP contribution in [-0.4, -0.2) is 35.6 Å². The Morgan fingerprint density at radius 1 is 1.24 bits per heavy atom. The largest absolute Gasteiger partial charge is 0.480 e. The summed E-state index contributed by atoms with van der Waals surface area (Å²) in [6.45, 7) is 0.532. The molecule has 120 valence electrons. The normalized spacial score (nSPS) is 16.4. The first-order chi connectivity index (χ1) is 9.99. The average molecular weight is 299 g/mol. The van der Waals surface area contributed by atoms with Gasteiger partial charge >= 0.3 is 12.0 Å². The number of nitrogens with one attached hydrogen (secondary N) is 2. The van der Waals surface area contributed by atoms with Crippen molar-refractivity contribution < 1.29 is 19.5 Å². The summed E-state index contributed by atoms with van der Waals surface area (Å²) in [5.41, 5.74) is 4.97. The molecule has 0 aromatic heterocycles. The maximum Gasteiger partial charge on any atom is 0.326 e. The number of carboxylic acid groups (broad SMARTS) is 1. The summed E-state index contributed by atoms with van der Waals surface area (Å²) in [7, 11) is 0. The van der Waals surface area contributed by atoms with Gasteiger partial charge in [0.25, 0.3) is 0 Å². The number of amides is 3. The van der Waals surface area contributed by atoms with Crippen LogP contribution in [0.3, 0.4) is 0 Å². The Balaban J connectivity index is 2.16. The third-order valence-corrected chi connectivity index (χ3v) is 3.83. The van der Waals surface area contributed by atoms with Gasteiger partial charge in [-0.05, 0) is 25.2 Å². The van der Waals surface area contributed by atoms with Gasteiger partial charge in [-0.3, -0.25) is 4.79 Å². The fraction of sp³-hybridized carbons (Fsp3) is 0.786. The van der Waals surface area contributed by atoms with Crippen molar-refractivity contribution in [2.45, 2.75) is 57.4 Å².